The molecule has 0 radical (unpaired) electrons. The van der Waals surface area contributed by atoms with Gasteiger partial charge in [0.15, 0.2) is 0 Å². The number of benzene rings is 3. The summed E-state index contributed by atoms with van der Waals surface area (Å²) in [5.41, 5.74) is 3.61. The first-order valence-corrected chi connectivity index (χ1v) is 13.2. The number of hydrogen-bond acceptors (Lipinski definition) is 6. The lowest BCUT2D eigenvalue weighted by Crippen LogP contribution is -2.29. The van der Waals surface area contributed by atoms with Crippen molar-refractivity contribution in [3.05, 3.63) is 89.0 Å². The van der Waals surface area contributed by atoms with Crippen LogP contribution in [0.3, 0.4) is 0 Å². The van der Waals surface area contributed by atoms with Gasteiger partial charge in [0, 0.05) is 24.4 Å². The van der Waals surface area contributed by atoms with Gasteiger partial charge in [-0.2, -0.15) is 0 Å². The molecule has 1 saturated heterocycles. The largest absolute Gasteiger partial charge is 0.507 e. The lowest BCUT2D eigenvalue weighted by atomic mass is 9.85. The number of rotatable bonds is 5. The zero-order valence-electron chi connectivity index (χ0n) is 23.0. The van der Waals surface area contributed by atoms with Crippen molar-refractivity contribution >= 4 is 28.8 Å². The van der Waals surface area contributed by atoms with E-state index in [9.17, 15) is 14.7 Å². The molecule has 0 aromatic heterocycles. The number of carbonyl (C=O) groups excluding carboxylic acids is 2. The minimum atomic E-state index is -0.819. The van der Waals surface area contributed by atoms with Gasteiger partial charge in [-0.05, 0) is 53.8 Å². The van der Waals surface area contributed by atoms with E-state index in [1.807, 2.05) is 49.2 Å². The second kappa shape index (κ2) is 10.1. The van der Waals surface area contributed by atoms with E-state index < -0.39 is 17.7 Å². The molecule has 3 aromatic carbocycles. The number of carbonyl (C=O) groups is 2. The van der Waals surface area contributed by atoms with Crippen LogP contribution >= 0.6 is 0 Å². The zero-order chi connectivity index (χ0) is 27.9. The Morgan fingerprint density at radius 3 is 2.49 bits per heavy atom. The number of nitrogens with zero attached hydrogens (tertiary/aromatic N) is 2. The van der Waals surface area contributed by atoms with Crippen molar-refractivity contribution in [2.24, 2.45) is 0 Å². The Bertz CT molecular complexity index is 1450. The highest BCUT2D eigenvalue weighted by Crippen LogP contribution is 2.44. The van der Waals surface area contributed by atoms with Crippen LogP contribution in [0, 0.1) is 0 Å². The maximum Gasteiger partial charge on any atom is 0.300 e. The summed E-state index contributed by atoms with van der Waals surface area (Å²) in [6, 6.07) is 19.5. The average Bonchev–Trinajstić information content (AvgIpc) is 3.18. The van der Waals surface area contributed by atoms with Gasteiger partial charge in [-0.3, -0.25) is 14.5 Å². The highest BCUT2D eigenvalue weighted by atomic mass is 16.5. The maximum absolute atomic E-state index is 13.6. The molecule has 39 heavy (non-hydrogen) atoms. The number of likely N-dealkylation sites (N-methyl/N-ethyl adjacent to an activating group) is 1. The van der Waals surface area contributed by atoms with Crippen LogP contribution in [0.5, 0.6) is 11.5 Å². The Morgan fingerprint density at radius 2 is 1.79 bits per heavy atom. The number of Topliss-reactive ketones (excluding diaryl/α,β-unsaturated/α-hetero) is 1. The Labute approximate surface area is 229 Å². The number of aliphatic hydroxyl groups excluding tert-OH is 1. The molecular weight excluding hydrogens is 492 g/mol. The van der Waals surface area contributed by atoms with Crippen molar-refractivity contribution in [1.82, 2.24) is 0 Å². The summed E-state index contributed by atoms with van der Waals surface area (Å²) < 4.78 is 11.4. The Morgan fingerprint density at radius 1 is 1.05 bits per heavy atom. The third-order valence-corrected chi connectivity index (χ3v) is 7.27. The summed E-state index contributed by atoms with van der Waals surface area (Å²) in [7, 11) is 1.95. The van der Waals surface area contributed by atoms with Crippen LogP contribution in [0.15, 0.2) is 72.3 Å². The van der Waals surface area contributed by atoms with Crippen molar-refractivity contribution in [2.75, 3.05) is 36.6 Å². The number of ketones is 1. The molecule has 1 unspecified atom stereocenters. The Hall–Kier alpha value is -4.26. The third-order valence-electron chi connectivity index (χ3n) is 7.27. The van der Waals surface area contributed by atoms with Gasteiger partial charge in [0.1, 0.15) is 23.9 Å². The molecule has 7 heteroatoms. The molecule has 0 saturated carbocycles. The number of anilines is 2. The molecule has 1 fully saturated rings. The van der Waals surface area contributed by atoms with Crippen LogP contribution in [0.4, 0.5) is 11.4 Å². The predicted molar refractivity (Wildman–Crippen MR) is 153 cm³/mol. The fourth-order valence-corrected chi connectivity index (χ4v) is 5.12. The lowest BCUT2D eigenvalue weighted by Gasteiger charge is -2.28. The molecule has 202 valence electrons. The van der Waals surface area contributed by atoms with E-state index in [2.05, 4.69) is 20.8 Å². The average molecular weight is 527 g/mol. The summed E-state index contributed by atoms with van der Waals surface area (Å²) >= 11 is 0. The smallest absolute Gasteiger partial charge is 0.300 e. The number of amides is 1. The molecule has 7 nitrogen and oxygen atoms in total. The van der Waals surface area contributed by atoms with E-state index in [1.165, 1.54) is 4.90 Å². The van der Waals surface area contributed by atoms with Gasteiger partial charge in [0.05, 0.1) is 30.5 Å². The van der Waals surface area contributed by atoms with E-state index in [0.717, 1.165) is 16.8 Å². The summed E-state index contributed by atoms with van der Waals surface area (Å²) in [5, 5.41) is 11.6. The van der Waals surface area contributed by atoms with Crippen molar-refractivity contribution in [2.45, 2.75) is 39.2 Å². The molecule has 1 N–H and O–H groups in total. The van der Waals surface area contributed by atoms with Gasteiger partial charge in [0.2, 0.25) is 0 Å². The van der Waals surface area contributed by atoms with Crippen LogP contribution in [0.1, 0.15) is 50.4 Å². The standard InChI is InChI=1S/C32H34N2O5/c1-6-38-24-9-7-8-23(19-24)34-28(20-10-13-22(14-11-20)32(2,3)4)27(30(36)31(34)37)29(35)21-12-15-26-25(18-21)33(5)16-17-39-26/h7-15,18-19,28,35H,6,16-17H2,1-5H3/b29-27-. The van der Waals surface area contributed by atoms with Crippen LogP contribution in [0.2, 0.25) is 0 Å². The third kappa shape index (κ3) is 4.85. The summed E-state index contributed by atoms with van der Waals surface area (Å²) in [6.45, 7) is 10.0. The highest BCUT2D eigenvalue weighted by Gasteiger charge is 2.47. The molecule has 0 spiro atoms. The molecule has 0 aliphatic carbocycles. The molecule has 0 bridgehead atoms. The van der Waals surface area contributed by atoms with Gasteiger partial charge in [-0.15, -0.1) is 0 Å². The number of ether oxygens (including phenoxy) is 2. The monoisotopic (exact) mass is 526 g/mol. The van der Waals surface area contributed by atoms with E-state index in [1.54, 1.807) is 36.4 Å². The minimum Gasteiger partial charge on any atom is -0.507 e. The van der Waals surface area contributed by atoms with Crippen molar-refractivity contribution < 1.29 is 24.2 Å². The predicted octanol–water partition coefficient (Wildman–Crippen LogP) is 5.84. The van der Waals surface area contributed by atoms with Gasteiger partial charge in [-0.25, -0.2) is 0 Å². The zero-order valence-corrected chi connectivity index (χ0v) is 23.0. The topological polar surface area (TPSA) is 79.3 Å². The fourth-order valence-electron chi connectivity index (χ4n) is 5.12. The lowest BCUT2D eigenvalue weighted by molar-refractivity contribution is -0.132. The number of hydrogen-bond donors (Lipinski definition) is 1. The molecule has 1 amide bonds. The van der Waals surface area contributed by atoms with E-state index >= 15 is 0 Å². The van der Waals surface area contributed by atoms with Gasteiger partial charge in [-0.1, -0.05) is 51.1 Å². The quantitative estimate of drug-likeness (QED) is 0.256. The highest BCUT2D eigenvalue weighted by molar-refractivity contribution is 6.51. The van der Waals surface area contributed by atoms with Crippen molar-refractivity contribution in [3.63, 3.8) is 0 Å². The number of fused-ring (bicyclic) bond motifs is 1. The molecular formula is C32H34N2O5. The van der Waals surface area contributed by atoms with Crippen molar-refractivity contribution in [1.29, 1.82) is 0 Å². The molecule has 1 atom stereocenters. The van der Waals surface area contributed by atoms with Gasteiger partial charge in [0.25, 0.3) is 11.7 Å². The summed E-state index contributed by atoms with van der Waals surface area (Å²) in [5.74, 6) is -0.349. The van der Waals surface area contributed by atoms with Gasteiger partial charge < -0.3 is 19.5 Å². The first kappa shape index (κ1) is 26.4. The summed E-state index contributed by atoms with van der Waals surface area (Å²) in [6.07, 6.45) is 0. The molecule has 2 heterocycles. The molecule has 2 aliphatic heterocycles. The van der Waals surface area contributed by atoms with E-state index in [0.29, 0.717) is 42.5 Å². The van der Waals surface area contributed by atoms with Crippen LogP contribution < -0.4 is 19.3 Å². The van der Waals surface area contributed by atoms with Crippen LogP contribution in [-0.2, 0) is 15.0 Å². The molecule has 3 aromatic rings. The first-order valence-electron chi connectivity index (χ1n) is 13.2. The SMILES string of the molecule is CCOc1cccc(N2C(=O)C(=O)/C(=C(\O)c3ccc4c(c3)N(C)CCO4)C2c2ccc(C(C)(C)C)cc2)c1. The van der Waals surface area contributed by atoms with Crippen molar-refractivity contribution in [3.8, 4) is 11.5 Å². The molecule has 2 aliphatic rings. The van der Waals surface area contributed by atoms with Crippen LogP contribution in [-0.4, -0.2) is 43.6 Å². The first-order chi connectivity index (χ1) is 18.6. The number of aliphatic hydroxyl groups is 1. The van der Waals surface area contributed by atoms with Crippen LogP contribution in [0.25, 0.3) is 5.76 Å². The van der Waals surface area contributed by atoms with Gasteiger partial charge >= 0.3 is 0 Å². The fraction of sp³-hybridized carbons (Fsp3) is 0.312. The minimum absolute atomic E-state index is 0.0460. The van der Waals surface area contributed by atoms with E-state index in [4.69, 9.17) is 9.47 Å². The summed E-state index contributed by atoms with van der Waals surface area (Å²) in [4.78, 5) is 30.7. The second-order valence-corrected chi connectivity index (χ2v) is 10.9. The molecule has 5 rings (SSSR count). The Kier molecular flexibility index (Phi) is 6.85. The maximum atomic E-state index is 13.6. The Balaban J connectivity index is 1.68. The van der Waals surface area contributed by atoms with E-state index in [-0.39, 0.29) is 16.7 Å². The normalized spacial score (nSPS) is 18.6. The second-order valence-electron chi connectivity index (χ2n) is 10.9.